The van der Waals surface area contributed by atoms with Crippen molar-refractivity contribution in [1.29, 1.82) is 0 Å². The highest BCUT2D eigenvalue weighted by atomic mass is 35.5. The number of nitrogens with zero attached hydrogens (tertiary/aromatic N) is 4. The van der Waals surface area contributed by atoms with Crippen molar-refractivity contribution < 1.29 is 0 Å². The van der Waals surface area contributed by atoms with Crippen LogP contribution in [-0.4, -0.2) is 49.1 Å². The van der Waals surface area contributed by atoms with Crippen LogP contribution in [0.5, 0.6) is 0 Å². The summed E-state index contributed by atoms with van der Waals surface area (Å²) in [5.74, 6) is 0.971. The van der Waals surface area contributed by atoms with Crippen molar-refractivity contribution in [3.63, 3.8) is 0 Å². The lowest BCUT2D eigenvalue weighted by Gasteiger charge is -2.19. The van der Waals surface area contributed by atoms with Crippen molar-refractivity contribution in [2.24, 2.45) is 0 Å². The lowest BCUT2D eigenvalue weighted by molar-refractivity contribution is 0.401. The molecule has 0 bridgehead atoms. The predicted molar refractivity (Wildman–Crippen MR) is 67.9 cm³/mol. The molecule has 0 aliphatic rings. The van der Waals surface area contributed by atoms with Crippen LogP contribution in [0.15, 0.2) is 6.07 Å². The third-order valence-corrected chi connectivity index (χ3v) is 2.38. The van der Waals surface area contributed by atoms with Crippen molar-refractivity contribution in [2.45, 2.75) is 6.42 Å². The molecule has 0 aliphatic carbocycles. The zero-order valence-electron chi connectivity index (χ0n) is 9.94. The van der Waals surface area contributed by atoms with Crippen LogP contribution in [0.1, 0.15) is 6.42 Å². The number of hydrogen-bond donors (Lipinski definition) is 1. The number of halogens is 1. The average Bonchev–Trinajstić information content (AvgIpc) is 2.15. The number of nitrogens with two attached hydrogens (primary N) is 1. The van der Waals surface area contributed by atoms with E-state index in [1.807, 2.05) is 11.9 Å². The molecule has 0 atom stereocenters. The maximum atomic E-state index is 5.81. The molecule has 0 aromatic carbocycles. The van der Waals surface area contributed by atoms with Gasteiger partial charge in [-0.2, -0.15) is 4.98 Å². The Balaban J connectivity index is 2.55. The summed E-state index contributed by atoms with van der Waals surface area (Å²) in [6, 6.07) is 1.72. The van der Waals surface area contributed by atoms with E-state index in [9.17, 15) is 0 Å². The summed E-state index contributed by atoms with van der Waals surface area (Å²) in [4.78, 5) is 12.1. The van der Waals surface area contributed by atoms with Gasteiger partial charge in [0.15, 0.2) is 0 Å². The van der Waals surface area contributed by atoms with Gasteiger partial charge in [-0.25, -0.2) is 4.98 Å². The molecule has 0 spiro atoms. The van der Waals surface area contributed by atoms with Crippen LogP contribution in [0.4, 0.5) is 11.8 Å². The van der Waals surface area contributed by atoms with Crippen molar-refractivity contribution in [2.75, 3.05) is 44.9 Å². The number of nitrogen functional groups attached to an aromatic ring is 1. The highest BCUT2D eigenvalue weighted by Crippen LogP contribution is 2.15. The Morgan fingerprint density at radius 2 is 1.94 bits per heavy atom. The number of rotatable bonds is 5. The molecule has 2 N–H and O–H groups in total. The molecule has 0 amide bonds. The van der Waals surface area contributed by atoms with Crippen LogP contribution in [0.2, 0.25) is 5.15 Å². The first-order chi connectivity index (χ1) is 7.49. The highest BCUT2D eigenvalue weighted by molar-refractivity contribution is 6.29. The van der Waals surface area contributed by atoms with Gasteiger partial charge in [0.05, 0.1) is 0 Å². The molecular weight excluding hydrogens is 226 g/mol. The van der Waals surface area contributed by atoms with Crippen molar-refractivity contribution in [3.05, 3.63) is 11.2 Å². The molecule has 0 radical (unpaired) electrons. The zero-order chi connectivity index (χ0) is 12.1. The third kappa shape index (κ3) is 4.20. The molecule has 0 saturated carbocycles. The smallest absolute Gasteiger partial charge is 0.223 e. The van der Waals surface area contributed by atoms with Crippen LogP contribution >= 0.6 is 11.6 Å². The minimum absolute atomic E-state index is 0.210. The standard InChI is InChI=1S/C10H18ClN5/c1-15(2)5-4-6-16(3)9-7-8(11)13-10(12)14-9/h7H,4-6H2,1-3H3,(H2,12,13,14). The minimum Gasteiger partial charge on any atom is -0.368 e. The van der Waals surface area contributed by atoms with E-state index in [-0.39, 0.29) is 5.95 Å². The van der Waals surface area contributed by atoms with Gasteiger partial charge in [-0.05, 0) is 27.1 Å². The van der Waals surface area contributed by atoms with E-state index < -0.39 is 0 Å². The first kappa shape index (κ1) is 13.0. The van der Waals surface area contributed by atoms with Crippen LogP contribution in [-0.2, 0) is 0 Å². The second kappa shape index (κ2) is 5.86. The van der Waals surface area contributed by atoms with Gasteiger partial charge in [-0.1, -0.05) is 11.6 Å². The fraction of sp³-hybridized carbons (Fsp3) is 0.600. The fourth-order valence-corrected chi connectivity index (χ4v) is 1.54. The lowest BCUT2D eigenvalue weighted by atomic mass is 10.3. The SMILES string of the molecule is CN(C)CCCN(C)c1cc(Cl)nc(N)n1. The fourth-order valence-electron chi connectivity index (χ4n) is 1.36. The Labute approximate surface area is 101 Å². The summed E-state index contributed by atoms with van der Waals surface area (Å²) in [6.07, 6.45) is 1.06. The molecule has 1 heterocycles. The Morgan fingerprint density at radius 1 is 1.25 bits per heavy atom. The summed E-state index contributed by atoms with van der Waals surface area (Å²) >= 11 is 5.81. The Morgan fingerprint density at radius 3 is 2.50 bits per heavy atom. The molecule has 0 saturated heterocycles. The van der Waals surface area contributed by atoms with Gasteiger partial charge in [-0.3, -0.25) is 0 Å². The quantitative estimate of drug-likeness (QED) is 0.785. The summed E-state index contributed by atoms with van der Waals surface area (Å²) in [5.41, 5.74) is 5.53. The van der Waals surface area contributed by atoms with Crippen LogP contribution in [0, 0.1) is 0 Å². The number of anilines is 2. The van der Waals surface area contributed by atoms with Gasteiger partial charge in [-0.15, -0.1) is 0 Å². The number of aromatic nitrogens is 2. The normalized spacial score (nSPS) is 10.8. The van der Waals surface area contributed by atoms with Gasteiger partial charge >= 0.3 is 0 Å². The summed E-state index contributed by atoms with van der Waals surface area (Å²) < 4.78 is 0. The Hall–Kier alpha value is -1.07. The molecule has 0 unspecified atom stereocenters. The summed E-state index contributed by atoms with van der Waals surface area (Å²) in [5, 5.41) is 0.377. The topological polar surface area (TPSA) is 58.3 Å². The molecule has 90 valence electrons. The van der Waals surface area contributed by atoms with E-state index in [1.54, 1.807) is 6.07 Å². The molecule has 0 fully saturated rings. The highest BCUT2D eigenvalue weighted by Gasteiger charge is 2.05. The van der Waals surface area contributed by atoms with Gasteiger partial charge in [0.25, 0.3) is 0 Å². The van der Waals surface area contributed by atoms with Crippen LogP contribution in [0.25, 0.3) is 0 Å². The Bertz CT molecular complexity index is 322. The largest absolute Gasteiger partial charge is 0.368 e. The van der Waals surface area contributed by atoms with Gasteiger partial charge < -0.3 is 15.5 Å². The monoisotopic (exact) mass is 243 g/mol. The first-order valence-corrected chi connectivity index (χ1v) is 5.53. The van der Waals surface area contributed by atoms with Gasteiger partial charge in [0.1, 0.15) is 11.0 Å². The molecule has 5 nitrogen and oxygen atoms in total. The van der Waals surface area contributed by atoms with Crippen molar-refractivity contribution in [1.82, 2.24) is 14.9 Å². The van der Waals surface area contributed by atoms with Crippen LogP contribution < -0.4 is 10.6 Å². The molecule has 1 rings (SSSR count). The van der Waals surface area contributed by atoms with E-state index in [0.717, 1.165) is 25.3 Å². The maximum absolute atomic E-state index is 5.81. The minimum atomic E-state index is 0.210. The molecule has 6 heteroatoms. The Kier molecular flexibility index (Phi) is 4.76. The summed E-state index contributed by atoms with van der Waals surface area (Å²) in [6.45, 7) is 1.95. The van der Waals surface area contributed by atoms with E-state index in [0.29, 0.717) is 5.15 Å². The van der Waals surface area contributed by atoms with Crippen LogP contribution in [0.3, 0.4) is 0 Å². The molecule has 1 aromatic rings. The third-order valence-electron chi connectivity index (χ3n) is 2.19. The van der Waals surface area contributed by atoms with E-state index in [2.05, 4.69) is 29.0 Å². The summed E-state index contributed by atoms with van der Waals surface area (Å²) in [7, 11) is 6.08. The second-order valence-corrected chi connectivity index (χ2v) is 4.37. The second-order valence-electron chi connectivity index (χ2n) is 3.99. The van der Waals surface area contributed by atoms with E-state index in [1.165, 1.54) is 0 Å². The van der Waals surface area contributed by atoms with Crippen molar-refractivity contribution in [3.8, 4) is 0 Å². The zero-order valence-corrected chi connectivity index (χ0v) is 10.7. The van der Waals surface area contributed by atoms with Gasteiger partial charge in [0.2, 0.25) is 5.95 Å². The molecule has 1 aromatic heterocycles. The maximum Gasteiger partial charge on any atom is 0.223 e. The molecule has 0 aliphatic heterocycles. The first-order valence-electron chi connectivity index (χ1n) is 5.15. The lowest BCUT2D eigenvalue weighted by Crippen LogP contribution is -2.24. The van der Waals surface area contributed by atoms with Gasteiger partial charge in [0, 0.05) is 19.7 Å². The number of hydrogen-bond acceptors (Lipinski definition) is 5. The van der Waals surface area contributed by atoms with E-state index in [4.69, 9.17) is 17.3 Å². The van der Waals surface area contributed by atoms with Crippen molar-refractivity contribution >= 4 is 23.4 Å². The molecule has 16 heavy (non-hydrogen) atoms. The molecular formula is C10H18ClN5. The predicted octanol–water partition coefficient (Wildman–Crippen LogP) is 1.10. The van der Waals surface area contributed by atoms with E-state index >= 15 is 0 Å². The average molecular weight is 244 g/mol.